The molecule has 0 bridgehead atoms. The second kappa shape index (κ2) is 44.4. The smallest absolute Gasteiger partial charge is 0.361 e. The van der Waals surface area contributed by atoms with Crippen LogP contribution >= 0.6 is 0 Å². The molecule has 0 heterocycles. The highest BCUT2D eigenvalue weighted by Crippen LogP contribution is 2.16. The monoisotopic (exact) mass is 865 g/mol. The summed E-state index contributed by atoms with van der Waals surface area (Å²) >= 11 is 0. The standard InChI is InChI=1S/C52H97NO8/c1-6-8-10-12-14-16-18-20-22-23-24-25-26-27-29-30-32-34-36-38-40-42-49(54)59-46-48(47-60-52(51(56)57)58-45-44-53(3,4)5)61-50(55)43-41-39-37-35-33-31-28-21-19-17-15-13-11-9-7-2/h15,17,21,28,48,52H,6-14,16,18-20,22-27,29-47H2,1-5H3/p+1/b17-15-,28-21-. The highest BCUT2D eigenvalue weighted by atomic mass is 16.7. The average molecular weight is 865 g/mol. The lowest BCUT2D eigenvalue weighted by Gasteiger charge is -2.25. The Bertz CT molecular complexity index is 1050. The summed E-state index contributed by atoms with van der Waals surface area (Å²) in [6.07, 6.45) is 46.7. The number of carbonyl (C=O) groups excluding carboxylic acids is 2. The first-order valence-corrected chi connectivity index (χ1v) is 25.5. The summed E-state index contributed by atoms with van der Waals surface area (Å²) in [5.74, 6) is -2.01. The van der Waals surface area contributed by atoms with Crippen LogP contribution in [0.4, 0.5) is 0 Å². The third kappa shape index (κ3) is 45.6. The van der Waals surface area contributed by atoms with Crippen molar-refractivity contribution in [1.82, 2.24) is 0 Å². The first-order valence-electron chi connectivity index (χ1n) is 25.5. The van der Waals surface area contributed by atoms with E-state index in [9.17, 15) is 19.5 Å². The Balaban J connectivity index is 4.30. The number of nitrogens with zero attached hydrogens (tertiary/aromatic N) is 1. The molecule has 0 spiro atoms. The third-order valence-corrected chi connectivity index (χ3v) is 11.2. The number of allylic oxidation sites excluding steroid dienone is 4. The molecule has 0 aliphatic heterocycles. The molecule has 0 aromatic carbocycles. The van der Waals surface area contributed by atoms with Gasteiger partial charge in [-0.25, -0.2) is 4.79 Å². The zero-order chi connectivity index (χ0) is 44.9. The number of aliphatic carboxylic acids is 1. The largest absolute Gasteiger partial charge is 0.477 e. The number of hydrogen-bond acceptors (Lipinski definition) is 7. The zero-order valence-corrected chi connectivity index (χ0v) is 40.6. The van der Waals surface area contributed by atoms with Gasteiger partial charge in [0.15, 0.2) is 6.10 Å². The van der Waals surface area contributed by atoms with Gasteiger partial charge in [-0.1, -0.05) is 199 Å². The van der Waals surface area contributed by atoms with Gasteiger partial charge < -0.3 is 28.5 Å². The van der Waals surface area contributed by atoms with E-state index >= 15 is 0 Å². The topological polar surface area (TPSA) is 108 Å². The normalized spacial score (nSPS) is 13.0. The van der Waals surface area contributed by atoms with Gasteiger partial charge in [0.05, 0.1) is 34.4 Å². The van der Waals surface area contributed by atoms with Gasteiger partial charge in [-0.3, -0.25) is 9.59 Å². The highest BCUT2D eigenvalue weighted by Gasteiger charge is 2.25. The van der Waals surface area contributed by atoms with Gasteiger partial charge in [0.25, 0.3) is 6.29 Å². The van der Waals surface area contributed by atoms with Crippen molar-refractivity contribution in [2.24, 2.45) is 0 Å². The fourth-order valence-corrected chi connectivity index (χ4v) is 7.22. The molecule has 358 valence electrons. The van der Waals surface area contributed by atoms with Crippen LogP contribution in [0.2, 0.25) is 0 Å². The number of hydrogen-bond donors (Lipinski definition) is 1. The van der Waals surface area contributed by atoms with Crippen LogP contribution in [-0.2, 0) is 33.3 Å². The van der Waals surface area contributed by atoms with Gasteiger partial charge in [-0.15, -0.1) is 0 Å². The minimum absolute atomic E-state index is 0.183. The summed E-state index contributed by atoms with van der Waals surface area (Å²) < 4.78 is 22.8. The molecule has 0 saturated carbocycles. The van der Waals surface area contributed by atoms with Gasteiger partial charge >= 0.3 is 17.9 Å². The van der Waals surface area contributed by atoms with Crippen LogP contribution in [0.25, 0.3) is 0 Å². The maximum atomic E-state index is 12.8. The Morgan fingerprint density at radius 3 is 1.33 bits per heavy atom. The van der Waals surface area contributed by atoms with Crippen molar-refractivity contribution in [1.29, 1.82) is 0 Å². The molecule has 9 heteroatoms. The predicted molar refractivity (Wildman–Crippen MR) is 254 cm³/mol. The van der Waals surface area contributed by atoms with E-state index in [1.54, 1.807) is 0 Å². The molecule has 0 aromatic heterocycles. The lowest BCUT2D eigenvalue weighted by Crippen LogP contribution is -2.40. The van der Waals surface area contributed by atoms with Crippen LogP contribution in [0.1, 0.15) is 232 Å². The Morgan fingerprint density at radius 2 is 0.885 bits per heavy atom. The van der Waals surface area contributed by atoms with Gasteiger partial charge in [-0.05, 0) is 44.9 Å². The van der Waals surface area contributed by atoms with Gasteiger partial charge in [-0.2, -0.15) is 0 Å². The number of unbranched alkanes of at least 4 members (excludes halogenated alkanes) is 28. The first-order chi connectivity index (χ1) is 29.6. The van der Waals surface area contributed by atoms with E-state index in [1.165, 1.54) is 141 Å². The second-order valence-electron chi connectivity index (χ2n) is 18.5. The molecule has 1 N–H and O–H groups in total. The molecule has 0 saturated heterocycles. The molecule has 0 aromatic rings. The Morgan fingerprint density at radius 1 is 0.492 bits per heavy atom. The fraction of sp³-hybridized carbons (Fsp3) is 0.865. The second-order valence-corrected chi connectivity index (χ2v) is 18.5. The molecule has 2 atom stereocenters. The number of ether oxygens (including phenoxy) is 4. The molecule has 0 radical (unpaired) electrons. The fourth-order valence-electron chi connectivity index (χ4n) is 7.22. The van der Waals surface area contributed by atoms with Gasteiger partial charge in [0, 0.05) is 12.8 Å². The Hall–Kier alpha value is -2.23. The number of carbonyl (C=O) groups is 3. The molecule has 0 fully saturated rings. The van der Waals surface area contributed by atoms with Crippen LogP contribution in [0, 0.1) is 0 Å². The van der Waals surface area contributed by atoms with Crippen molar-refractivity contribution in [3.05, 3.63) is 24.3 Å². The zero-order valence-electron chi connectivity index (χ0n) is 40.6. The van der Waals surface area contributed by atoms with Crippen molar-refractivity contribution < 1.29 is 42.9 Å². The Labute approximate surface area is 376 Å². The van der Waals surface area contributed by atoms with E-state index in [-0.39, 0.29) is 32.2 Å². The van der Waals surface area contributed by atoms with E-state index in [0.717, 1.165) is 57.8 Å². The van der Waals surface area contributed by atoms with Crippen LogP contribution in [0.5, 0.6) is 0 Å². The lowest BCUT2D eigenvalue weighted by molar-refractivity contribution is -0.870. The van der Waals surface area contributed by atoms with E-state index in [2.05, 4.69) is 38.2 Å². The van der Waals surface area contributed by atoms with Gasteiger partial charge in [0.2, 0.25) is 0 Å². The predicted octanol–water partition coefficient (Wildman–Crippen LogP) is 14.0. The summed E-state index contributed by atoms with van der Waals surface area (Å²) in [4.78, 5) is 37.2. The maximum Gasteiger partial charge on any atom is 0.361 e. The summed E-state index contributed by atoms with van der Waals surface area (Å²) in [5.41, 5.74) is 0. The van der Waals surface area contributed by atoms with E-state index in [4.69, 9.17) is 18.9 Å². The summed E-state index contributed by atoms with van der Waals surface area (Å²) in [6, 6.07) is 0. The summed E-state index contributed by atoms with van der Waals surface area (Å²) in [5, 5.41) is 9.66. The van der Waals surface area contributed by atoms with E-state index in [1.807, 2.05) is 21.1 Å². The molecule has 61 heavy (non-hydrogen) atoms. The molecule has 0 amide bonds. The third-order valence-electron chi connectivity index (χ3n) is 11.2. The average Bonchev–Trinajstić information content (AvgIpc) is 3.22. The number of likely N-dealkylation sites (N-methyl/N-ethyl adjacent to an activating group) is 1. The molecule has 0 aliphatic carbocycles. The number of quaternary nitrogens is 1. The van der Waals surface area contributed by atoms with Crippen LogP contribution < -0.4 is 0 Å². The van der Waals surface area contributed by atoms with Gasteiger partial charge in [0.1, 0.15) is 13.2 Å². The summed E-state index contributed by atoms with van der Waals surface area (Å²) in [6.45, 7) is 4.86. The molecule has 9 nitrogen and oxygen atoms in total. The molecule has 0 rings (SSSR count). The van der Waals surface area contributed by atoms with Crippen LogP contribution in [-0.4, -0.2) is 87.4 Å². The number of rotatable bonds is 47. The molecular formula is C52H98NO8+. The number of esters is 2. The molecule has 0 aliphatic rings. The number of carboxylic acid groups (broad SMARTS) is 1. The van der Waals surface area contributed by atoms with Crippen LogP contribution in [0.3, 0.4) is 0 Å². The molecule has 2 unspecified atom stereocenters. The van der Waals surface area contributed by atoms with Crippen molar-refractivity contribution in [3.8, 4) is 0 Å². The minimum Gasteiger partial charge on any atom is -0.477 e. The highest BCUT2D eigenvalue weighted by molar-refractivity contribution is 5.71. The van der Waals surface area contributed by atoms with Crippen molar-refractivity contribution in [3.63, 3.8) is 0 Å². The number of carboxylic acids is 1. The van der Waals surface area contributed by atoms with Crippen molar-refractivity contribution in [2.75, 3.05) is 47.5 Å². The summed E-state index contributed by atoms with van der Waals surface area (Å²) in [7, 11) is 5.96. The maximum absolute atomic E-state index is 12.8. The van der Waals surface area contributed by atoms with Crippen molar-refractivity contribution in [2.45, 2.75) is 245 Å². The SMILES string of the molecule is CCCCC/C=C\C/C=C\CCCCCCCC(=O)OC(COC(=O)CCCCCCCCCCCCCCCCCCCCCCC)COC(OCC[N+](C)(C)C)C(=O)O. The van der Waals surface area contributed by atoms with E-state index < -0.39 is 24.3 Å². The van der Waals surface area contributed by atoms with Crippen LogP contribution in [0.15, 0.2) is 24.3 Å². The van der Waals surface area contributed by atoms with Crippen molar-refractivity contribution >= 4 is 17.9 Å². The minimum atomic E-state index is -1.51. The molecular weight excluding hydrogens is 767 g/mol. The lowest BCUT2D eigenvalue weighted by atomic mass is 10.0. The van der Waals surface area contributed by atoms with E-state index in [0.29, 0.717) is 23.9 Å². The first kappa shape index (κ1) is 58.8. The quantitative estimate of drug-likeness (QED) is 0.0212. The Kier molecular flexibility index (Phi) is 42.8.